The molecule has 9 heteroatoms. The Labute approximate surface area is 203 Å². The van der Waals surface area contributed by atoms with Gasteiger partial charge in [-0.1, -0.05) is 35.3 Å². The first kappa shape index (κ1) is 24.0. The Morgan fingerprint density at radius 1 is 1.00 bits per heavy atom. The van der Waals surface area contributed by atoms with Crippen LogP contribution in [-0.4, -0.2) is 83.0 Å². The van der Waals surface area contributed by atoms with Crippen molar-refractivity contribution in [3.63, 3.8) is 0 Å². The second kappa shape index (κ2) is 10.4. The van der Waals surface area contributed by atoms with Crippen LogP contribution in [0.5, 0.6) is 0 Å². The number of hydrogen-bond donors (Lipinski definition) is 2. The molecule has 2 atom stereocenters. The van der Waals surface area contributed by atoms with E-state index in [-0.39, 0.29) is 24.4 Å². The maximum Gasteiger partial charge on any atom is 0.256 e. The van der Waals surface area contributed by atoms with Gasteiger partial charge in [0, 0.05) is 62.8 Å². The van der Waals surface area contributed by atoms with E-state index in [4.69, 9.17) is 23.2 Å². The van der Waals surface area contributed by atoms with Crippen LogP contribution in [0.15, 0.2) is 42.5 Å². The van der Waals surface area contributed by atoms with Crippen LogP contribution < -0.4 is 5.32 Å². The molecule has 2 aromatic rings. The molecule has 4 rings (SSSR count). The van der Waals surface area contributed by atoms with Gasteiger partial charge in [0.25, 0.3) is 5.91 Å². The quantitative estimate of drug-likeness (QED) is 0.673. The molecule has 0 aliphatic carbocycles. The Morgan fingerprint density at radius 3 is 2.33 bits per heavy atom. The van der Waals surface area contributed by atoms with Gasteiger partial charge in [0.1, 0.15) is 0 Å². The largest absolute Gasteiger partial charge is 0.390 e. The fourth-order valence-corrected chi connectivity index (χ4v) is 4.86. The van der Waals surface area contributed by atoms with Crippen molar-refractivity contribution >= 4 is 40.7 Å². The number of halogens is 2. The summed E-state index contributed by atoms with van der Waals surface area (Å²) in [6.07, 6.45) is -0.617. The Morgan fingerprint density at radius 2 is 1.67 bits per heavy atom. The zero-order valence-corrected chi connectivity index (χ0v) is 20.0. The maximum atomic E-state index is 13.2. The summed E-state index contributed by atoms with van der Waals surface area (Å²) in [4.78, 5) is 31.1. The number of amides is 2. The van der Waals surface area contributed by atoms with Gasteiger partial charge < -0.3 is 15.3 Å². The predicted octanol–water partition coefficient (Wildman–Crippen LogP) is 2.95. The minimum atomic E-state index is -0.617. The molecule has 2 amide bonds. The molecule has 2 fully saturated rings. The van der Waals surface area contributed by atoms with Crippen LogP contribution in [0.2, 0.25) is 10.0 Å². The zero-order chi connectivity index (χ0) is 23.5. The lowest BCUT2D eigenvalue weighted by atomic mass is 10.1. The van der Waals surface area contributed by atoms with Crippen LogP contribution in [0, 0.1) is 0 Å². The summed E-state index contributed by atoms with van der Waals surface area (Å²) in [6, 6.07) is 12.6. The lowest BCUT2D eigenvalue weighted by molar-refractivity contribution is -0.114. The van der Waals surface area contributed by atoms with E-state index in [1.807, 2.05) is 24.3 Å². The highest BCUT2D eigenvalue weighted by Crippen LogP contribution is 2.26. The molecule has 33 heavy (non-hydrogen) atoms. The molecule has 2 aromatic carbocycles. The maximum absolute atomic E-state index is 13.2. The van der Waals surface area contributed by atoms with Gasteiger partial charge in [-0.25, -0.2) is 0 Å². The number of likely N-dealkylation sites (tertiary alicyclic amines) is 1. The zero-order valence-electron chi connectivity index (χ0n) is 18.5. The number of hydrogen-bond acceptors (Lipinski definition) is 5. The number of aliphatic hydroxyl groups is 1. The van der Waals surface area contributed by atoms with Crippen molar-refractivity contribution < 1.29 is 14.7 Å². The summed E-state index contributed by atoms with van der Waals surface area (Å²) in [5, 5.41) is 14.6. The number of nitrogens with zero attached hydrogens (tertiary/aromatic N) is 3. The van der Waals surface area contributed by atoms with Gasteiger partial charge in [0.05, 0.1) is 23.4 Å². The van der Waals surface area contributed by atoms with Crippen LogP contribution in [-0.2, 0) is 11.3 Å². The van der Waals surface area contributed by atoms with Crippen molar-refractivity contribution in [2.24, 2.45) is 0 Å². The minimum absolute atomic E-state index is 0.108. The first-order chi connectivity index (χ1) is 15.8. The molecule has 0 saturated carbocycles. The summed E-state index contributed by atoms with van der Waals surface area (Å²) in [5.41, 5.74) is 1.98. The second-order valence-corrected chi connectivity index (χ2v) is 9.53. The van der Waals surface area contributed by atoms with Crippen molar-refractivity contribution in [3.05, 3.63) is 63.6 Å². The highest BCUT2D eigenvalue weighted by molar-refractivity contribution is 6.31. The van der Waals surface area contributed by atoms with Crippen molar-refractivity contribution in [2.75, 3.05) is 44.6 Å². The van der Waals surface area contributed by atoms with Crippen molar-refractivity contribution in [2.45, 2.75) is 25.6 Å². The topological polar surface area (TPSA) is 76.1 Å². The van der Waals surface area contributed by atoms with Gasteiger partial charge in [0.2, 0.25) is 5.91 Å². The second-order valence-electron chi connectivity index (χ2n) is 8.65. The summed E-state index contributed by atoms with van der Waals surface area (Å²) in [5.74, 6) is -0.500. The Bertz CT molecular complexity index is 1010. The SMILES string of the molecule is CC(=O)Nc1cc(Cl)ccc1C(=O)N1CC(O)C(N2CCN(Cc3ccc(Cl)cc3)CC2)C1. The molecule has 7 nitrogen and oxygen atoms in total. The molecule has 2 unspecified atom stereocenters. The summed E-state index contributed by atoms with van der Waals surface area (Å²) in [6.45, 7) is 6.40. The number of rotatable bonds is 5. The van der Waals surface area contributed by atoms with Crippen LogP contribution in [0.3, 0.4) is 0 Å². The van der Waals surface area contributed by atoms with E-state index < -0.39 is 6.10 Å². The third-order valence-electron chi connectivity index (χ3n) is 6.26. The highest BCUT2D eigenvalue weighted by Gasteiger charge is 2.39. The fraction of sp³-hybridized carbons (Fsp3) is 0.417. The van der Waals surface area contributed by atoms with Crippen LogP contribution >= 0.6 is 23.2 Å². The van der Waals surface area contributed by atoms with Crippen molar-refractivity contribution in [1.29, 1.82) is 0 Å². The van der Waals surface area contributed by atoms with Crippen LogP contribution in [0.25, 0.3) is 0 Å². The lowest BCUT2D eigenvalue weighted by Crippen LogP contribution is -2.53. The fourth-order valence-electron chi connectivity index (χ4n) is 4.56. The predicted molar refractivity (Wildman–Crippen MR) is 130 cm³/mol. The van der Waals surface area contributed by atoms with E-state index in [0.29, 0.717) is 22.8 Å². The van der Waals surface area contributed by atoms with E-state index in [1.165, 1.54) is 12.5 Å². The molecule has 0 spiro atoms. The Balaban J connectivity index is 1.36. The van der Waals surface area contributed by atoms with E-state index in [9.17, 15) is 14.7 Å². The third kappa shape index (κ3) is 5.86. The van der Waals surface area contributed by atoms with Gasteiger partial charge in [-0.15, -0.1) is 0 Å². The normalized spacial score (nSPS) is 21.9. The van der Waals surface area contributed by atoms with E-state index in [2.05, 4.69) is 15.1 Å². The number of piperazine rings is 1. The van der Waals surface area contributed by atoms with Crippen LogP contribution in [0.4, 0.5) is 5.69 Å². The highest BCUT2D eigenvalue weighted by atomic mass is 35.5. The van der Waals surface area contributed by atoms with Gasteiger partial charge in [-0.05, 0) is 35.9 Å². The summed E-state index contributed by atoms with van der Waals surface area (Å²) >= 11 is 12.0. The number of nitrogens with one attached hydrogen (secondary N) is 1. The molecule has 0 radical (unpaired) electrons. The average Bonchev–Trinajstić information content (AvgIpc) is 3.17. The third-order valence-corrected chi connectivity index (χ3v) is 6.75. The number of benzene rings is 2. The van der Waals surface area contributed by atoms with Crippen LogP contribution in [0.1, 0.15) is 22.8 Å². The molecule has 0 bridgehead atoms. The summed E-state index contributed by atoms with van der Waals surface area (Å²) in [7, 11) is 0. The molecule has 2 saturated heterocycles. The van der Waals surface area contributed by atoms with Gasteiger partial charge >= 0.3 is 0 Å². The molecule has 2 N–H and O–H groups in total. The van der Waals surface area contributed by atoms with E-state index in [0.717, 1.165) is 37.7 Å². The summed E-state index contributed by atoms with van der Waals surface area (Å²) < 4.78 is 0. The number of β-amino-alcohol motifs (C(OH)–C–C–N with tert-alkyl or cyclic N) is 1. The van der Waals surface area contributed by atoms with Crippen molar-refractivity contribution in [3.8, 4) is 0 Å². The van der Waals surface area contributed by atoms with Gasteiger partial charge in [-0.3, -0.25) is 19.4 Å². The first-order valence-corrected chi connectivity index (χ1v) is 11.8. The minimum Gasteiger partial charge on any atom is -0.390 e. The standard InChI is InChI=1S/C24H28Cl2N4O3/c1-16(31)27-21-12-19(26)6-7-20(21)24(33)30-14-22(23(32)15-30)29-10-8-28(9-11-29)13-17-2-4-18(25)5-3-17/h2-7,12,22-23,32H,8-11,13-15H2,1H3,(H,27,31). The van der Waals surface area contributed by atoms with Crippen molar-refractivity contribution in [1.82, 2.24) is 14.7 Å². The van der Waals surface area contributed by atoms with Gasteiger partial charge in [-0.2, -0.15) is 0 Å². The van der Waals surface area contributed by atoms with E-state index >= 15 is 0 Å². The Hall–Kier alpha value is -2.16. The number of anilines is 1. The molecular weight excluding hydrogens is 463 g/mol. The molecule has 0 aromatic heterocycles. The average molecular weight is 491 g/mol. The smallest absolute Gasteiger partial charge is 0.256 e. The molecule has 2 aliphatic heterocycles. The van der Waals surface area contributed by atoms with Gasteiger partial charge in [0.15, 0.2) is 0 Å². The number of carbonyl (C=O) groups excluding carboxylic acids is 2. The number of carbonyl (C=O) groups is 2. The molecule has 176 valence electrons. The Kier molecular flexibility index (Phi) is 7.56. The first-order valence-electron chi connectivity index (χ1n) is 11.1. The molecule has 2 aliphatic rings. The molecule has 2 heterocycles. The molecular formula is C24H28Cl2N4O3. The van der Waals surface area contributed by atoms with E-state index in [1.54, 1.807) is 23.1 Å². The number of aliphatic hydroxyl groups excluding tert-OH is 1. The lowest BCUT2D eigenvalue weighted by Gasteiger charge is -2.38. The monoisotopic (exact) mass is 490 g/mol.